The number of nitrogens with one attached hydrogen (secondary N) is 2. The van der Waals surface area contributed by atoms with E-state index in [1.54, 1.807) is 35.1 Å². The van der Waals surface area contributed by atoms with Crippen LogP contribution in [0.5, 0.6) is 5.75 Å². The number of likely N-dealkylation sites (tertiary alicyclic amines) is 1. The van der Waals surface area contributed by atoms with Crippen LogP contribution in [0.3, 0.4) is 0 Å². The fourth-order valence-corrected chi connectivity index (χ4v) is 4.25. The molecule has 0 saturated carbocycles. The molecule has 30 heavy (non-hydrogen) atoms. The molecule has 2 N–H and O–H groups in total. The minimum Gasteiger partial charge on any atom is -0.495 e. The van der Waals surface area contributed by atoms with Crippen LogP contribution in [-0.4, -0.2) is 49.7 Å². The lowest BCUT2D eigenvalue weighted by molar-refractivity contribution is 0.184. The van der Waals surface area contributed by atoms with Crippen molar-refractivity contribution in [1.29, 1.82) is 0 Å². The van der Waals surface area contributed by atoms with Gasteiger partial charge >= 0.3 is 12.1 Å². The number of benzene rings is 2. The highest BCUT2D eigenvalue weighted by molar-refractivity contribution is 6.30. The molecule has 1 saturated heterocycles. The van der Waals surface area contributed by atoms with Gasteiger partial charge < -0.3 is 20.3 Å². The van der Waals surface area contributed by atoms with Crippen molar-refractivity contribution in [3.8, 4) is 5.75 Å². The summed E-state index contributed by atoms with van der Waals surface area (Å²) in [6.45, 7) is 1.75. The van der Waals surface area contributed by atoms with Crippen LogP contribution in [0.1, 0.15) is 18.4 Å². The van der Waals surface area contributed by atoms with Crippen LogP contribution in [0, 0.1) is 0 Å². The van der Waals surface area contributed by atoms with Gasteiger partial charge in [0.05, 0.1) is 12.8 Å². The van der Waals surface area contributed by atoms with Gasteiger partial charge in [-0.05, 0) is 55.2 Å². The maximum Gasteiger partial charge on any atom is 0.322 e. The highest BCUT2D eigenvalue weighted by Crippen LogP contribution is 2.30. The van der Waals surface area contributed by atoms with Crippen LogP contribution >= 0.6 is 11.6 Å². The van der Waals surface area contributed by atoms with Crippen LogP contribution in [0.4, 0.5) is 21.0 Å². The van der Waals surface area contributed by atoms with Crippen molar-refractivity contribution < 1.29 is 14.3 Å². The first-order chi connectivity index (χ1) is 14.5. The largest absolute Gasteiger partial charge is 0.495 e. The molecule has 158 valence electrons. The summed E-state index contributed by atoms with van der Waals surface area (Å²) < 4.78 is 5.30. The van der Waals surface area contributed by atoms with Gasteiger partial charge in [-0.15, -0.1) is 0 Å². The molecule has 1 atom stereocenters. The lowest BCUT2D eigenvalue weighted by Crippen LogP contribution is -2.53. The van der Waals surface area contributed by atoms with Crippen molar-refractivity contribution in [2.45, 2.75) is 25.3 Å². The third-order valence-corrected chi connectivity index (χ3v) is 5.80. The molecule has 7 nitrogen and oxygen atoms in total. The third-order valence-electron chi connectivity index (χ3n) is 5.57. The molecule has 2 aromatic carbocycles. The zero-order valence-electron chi connectivity index (χ0n) is 16.9. The molecule has 1 fully saturated rings. The fourth-order valence-electron chi connectivity index (χ4n) is 4.06. The van der Waals surface area contributed by atoms with E-state index in [0.29, 0.717) is 36.1 Å². The number of hydrogen-bond acceptors (Lipinski definition) is 3. The second-order valence-electron chi connectivity index (χ2n) is 7.54. The summed E-state index contributed by atoms with van der Waals surface area (Å²) in [5.74, 6) is 0.612. The van der Waals surface area contributed by atoms with Gasteiger partial charge in [-0.2, -0.15) is 0 Å². The first-order valence-electron chi connectivity index (χ1n) is 10.1. The van der Waals surface area contributed by atoms with Gasteiger partial charge in [-0.3, -0.25) is 4.90 Å². The Bertz CT molecular complexity index is 952. The Morgan fingerprint density at radius 2 is 1.97 bits per heavy atom. The van der Waals surface area contributed by atoms with Gasteiger partial charge in [0.2, 0.25) is 0 Å². The first-order valence-corrected chi connectivity index (χ1v) is 10.5. The van der Waals surface area contributed by atoms with Gasteiger partial charge in [0.25, 0.3) is 0 Å². The van der Waals surface area contributed by atoms with Gasteiger partial charge in [-0.25, -0.2) is 9.59 Å². The quantitative estimate of drug-likeness (QED) is 0.772. The van der Waals surface area contributed by atoms with Crippen molar-refractivity contribution in [2.24, 2.45) is 0 Å². The number of ether oxygens (including phenoxy) is 1. The highest BCUT2D eigenvalue weighted by Gasteiger charge is 2.29. The molecule has 2 aliphatic rings. The Labute approximate surface area is 180 Å². The second kappa shape index (κ2) is 8.83. The average molecular weight is 429 g/mol. The molecule has 4 rings (SSSR count). The monoisotopic (exact) mass is 428 g/mol. The lowest BCUT2D eigenvalue weighted by Gasteiger charge is -2.34. The molecular formula is C22H25ClN4O3. The minimum atomic E-state index is -0.195. The standard InChI is InChI=1S/C22H25ClN4O3/c1-30-20-7-3-2-6-18(20)25-21(28)26-11-4-5-17(14-26)24-22(29)27-12-10-15-13-16(23)8-9-19(15)27/h2-3,6-9,13,17H,4-5,10-12,14H2,1H3,(H,24,29)(H,25,28). The van der Waals surface area contributed by atoms with E-state index in [1.807, 2.05) is 24.3 Å². The summed E-state index contributed by atoms with van der Waals surface area (Å²) >= 11 is 6.06. The summed E-state index contributed by atoms with van der Waals surface area (Å²) in [5.41, 5.74) is 2.61. The molecule has 0 bridgehead atoms. The summed E-state index contributed by atoms with van der Waals surface area (Å²) in [5, 5.41) is 6.68. The Morgan fingerprint density at radius 3 is 2.80 bits per heavy atom. The highest BCUT2D eigenvalue weighted by atomic mass is 35.5. The number of para-hydroxylation sites is 2. The van der Waals surface area contributed by atoms with E-state index in [4.69, 9.17) is 16.3 Å². The zero-order valence-corrected chi connectivity index (χ0v) is 17.6. The number of anilines is 2. The van der Waals surface area contributed by atoms with Crippen molar-refractivity contribution in [1.82, 2.24) is 10.2 Å². The molecule has 2 heterocycles. The van der Waals surface area contributed by atoms with Gasteiger partial charge in [0.15, 0.2) is 0 Å². The number of urea groups is 2. The first kappa shape index (κ1) is 20.3. The number of carbonyl (C=O) groups excluding carboxylic acids is 2. The number of nitrogens with zero attached hydrogens (tertiary/aromatic N) is 2. The predicted octanol–water partition coefficient (Wildman–Crippen LogP) is 4.12. The molecule has 0 aromatic heterocycles. The lowest BCUT2D eigenvalue weighted by atomic mass is 10.1. The van der Waals surface area contributed by atoms with Gasteiger partial charge in [0.1, 0.15) is 5.75 Å². The van der Waals surface area contributed by atoms with E-state index in [9.17, 15) is 9.59 Å². The van der Waals surface area contributed by atoms with Crippen LogP contribution in [0.15, 0.2) is 42.5 Å². The number of rotatable bonds is 3. The van der Waals surface area contributed by atoms with Crippen LogP contribution < -0.4 is 20.3 Å². The summed E-state index contributed by atoms with van der Waals surface area (Å²) in [4.78, 5) is 29.1. The van der Waals surface area contributed by atoms with Crippen LogP contribution in [0.2, 0.25) is 5.02 Å². The Morgan fingerprint density at radius 1 is 1.13 bits per heavy atom. The molecular weight excluding hydrogens is 404 g/mol. The predicted molar refractivity (Wildman–Crippen MR) is 118 cm³/mol. The van der Waals surface area contributed by atoms with Gasteiger partial charge in [-0.1, -0.05) is 23.7 Å². The summed E-state index contributed by atoms with van der Waals surface area (Å²) in [6.07, 6.45) is 2.46. The number of halogens is 1. The van der Waals surface area contributed by atoms with E-state index < -0.39 is 0 Å². The second-order valence-corrected chi connectivity index (χ2v) is 7.98. The summed E-state index contributed by atoms with van der Waals surface area (Å²) in [7, 11) is 1.57. The van der Waals surface area contributed by atoms with Crippen molar-refractivity contribution in [3.63, 3.8) is 0 Å². The van der Waals surface area contributed by atoms with Crippen molar-refractivity contribution in [2.75, 3.05) is 37.0 Å². The molecule has 0 aliphatic carbocycles. The smallest absolute Gasteiger partial charge is 0.322 e. The molecule has 0 spiro atoms. The number of fused-ring (bicyclic) bond motifs is 1. The van der Waals surface area contributed by atoms with Crippen molar-refractivity contribution in [3.05, 3.63) is 53.1 Å². The Kier molecular flexibility index (Phi) is 5.99. The SMILES string of the molecule is COc1ccccc1NC(=O)N1CCCC(NC(=O)N2CCc3cc(Cl)ccc32)C1. The fraction of sp³-hybridized carbons (Fsp3) is 0.364. The zero-order chi connectivity index (χ0) is 21.1. The third kappa shape index (κ3) is 4.31. The normalized spacial score (nSPS) is 18.0. The van der Waals surface area contributed by atoms with E-state index in [-0.39, 0.29) is 18.1 Å². The number of amides is 4. The van der Waals surface area contributed by atoms with E-state index >= 15 is 0 Å². The average Bonchev–Trinajstić information content (AvgIpc) is 3.17. The van der Waals surface area contributed by atoms with E-state index in [0.717, 1.165) is 30.5 Å². The molecule has 0 radical (unpaired) electrons. The summed E-state index contributed by atoms with van der Waals surface area (Å²) in [6, 6.07) is 12.5. The Balaban J connectivity index is 1.36. The maximum absolute atomic E-state index is 12.9. The number of methoxy groups -OCH3 is 1. The maximum atomic E-state index is 12.9. The molecule has 8 heteroatoms. The van der Waals surface area contributed by atoms with Gasteiger partial charge in [0, 0.05) is 36.4 Å². The van der Waals surface area contributed by atoms with E-state index in [1.165, 1.54) is 0 Å². The number of piperidine rings is 1. The molecule has 4 amide bonds. The van der Waals surface area contributed by atoms with Crippen LogP contribution in [0.25, 0.3) is 0 Å². The van der Waals surface area contributed by atoms with Crippen molar-refractivity contribution >= 4 is 35.0 Å². The van der Waals surface area contributed by atoms with Crippen LogP contribution in [-0.2, 0) is 6.42 Å². The molecule has 2 aromatic rings. The number of hydrogen-bond donors (Lipinski definition) is 2. The number of carbonyl (C=O) groups is 2. The van der Waals surface area contributed by atoms with E-state index in [2.05, 4.69) is 10.6 Å². The minimum absolute atomic E-state index is 0.0916. The Hall–Kier alpha value is -2.93. The molecule has 2 aliphatic heterocycles. The molecule has 1 unspecified atom stereocenters. The topological polar surface area (TPSA) is 73.9 Å².